The molecule has 0 aromatic rings. The third-order valence-electron chi connectivity index (χ3n) is 0.596. The first-order chi connectivity index (χ1) is 4.27. The predicted molar refractivity (Wildman–Crippen MR) is 36.6 cm³/mol. The zero-order valence-corrected chi connectivity index (χ0v) is 6.11. The van der Waals surface area contributed by atoms with Crippen LogP contribution in [0.1, 0.15) is 6.92 Å². The second kappa shape index (κ2) is 5.91. The lowest BCUT2D eigenvalue weighted by molar-refractivity contribution is -0.133. The third-order valence-corrected chi connectivity index (χ3v) is 1.38. The minimum atomic E-state index is -0.792. The van der Waals surface area contributed by atoms with Crippen molar-refractivity contribution in [3.8, 4) is 0 Å². The van der Waals surface area contributed by atoms with E-state index in [-0.39, 0.29) is 5.75 Å². The molecule has 54 valence electrons. The topological polar surface area (TPSA) is 46.5 Å². The van der Waals surface area contributed by atoms with Gasteiger partial charge in [0.05, 0.1) is 11.7 Å². The van der Waals surface area contributed by atoms with Crippen LogP contribution in [0, 0.1) is 0 Å². The number of carboxylic acid groups (broad SMARTS) is 1. The summed E-state index contributed by atoms with van der Waals surface area (Å²) in [4.78, 5) is 9.89. The number of ether oxygens (including phenoxy) is 1. The van der Waals surface area contributed by atoms with Crippen molar-refractivity contribution in [1.29, 1.82) is 0 Å². The smallest absolute Gasteiger partial charge is 0.313 e. The fourth-order valence-corrected chi connectivity index (χ4v) is 0.814. The molecule has 3 nitrogen and oxygen atoms in total. The van der Waals surface area contributed by atoms with Gasteiger partial charge in [0, 0.05) is 6.61 Å². The lowest BCUT2D eigenvalue weighted by atomic mass is 10.8. The summed E-state index contributed by atoms with van der Waals surface area (Å²) in [6.07, 6.45) is 0. The molecule has 0 saturated heterocycles. The first-order valence-corrected chi connectivity index (χ1v) is 3.80. The average molecular weight is 150 g/mol. The molecule has 0 rings (SSSR count). The molecule has 0 saturated carbocycles. The van der Waals surface area contributed by atoms with Crippen molar-refractivity contribution >= 4 is 17.7 Å². The standard InChI is InChI=1S/C5H10O3S/c1-2-8-4-9-3-5(6)7/h2-4H2,1H3,(H,6,7). The van der Waals surface area contributed by atoms with Crippen LogP contribution in [0.5, 0.6) is 0 Å². The van der Waals surface area contributed by atoms with E-state index in [2.05, 4.69) is 0 Å². The Morgan fingerprint density at radius 3 is 2.89 bits per heavy atom. The number of hydrogen-bond donors (Lipinski definition) is 1. The van der Waals surface area contributed by atoms with Crippen LogP contribution in [0.2, 0.25) is 0 Å². The summed E-state index contributed by atoms with van der Waals surface area (Å²) in [5.74, 6) is -0.192. The highest BCUT2D eigenvalue weighted by molar-refractivity contribution is 7.99. The molecule has 0 aromatic heterocycles. The summed E-state index contributed by atoms with van der Waals surface area (Å²) in [5, 5.41) is 8.14. The van der Waals surface area contributed by atoms with E-state index in [0.717, 1.165) is 0 Å². The van der Waals surface area contributed by atoms with Crippen molar-refractivity contribution in [2.24, 2.45) is 0 Å². The van der Waals surface area contributed by atoms with E-state index in [1.807, 2.05) is 6.92 Å². The summed E-state index contributed by atoms with van der Waals surface area (Å²) in [6.45, 7) is 2.52. The van der Waals surface area contributed by atoms with Gasteiger partial charge in [0.25, 0.3) is 0 Å². The number of aliphatic carboxylic acids is 1. The van der Waals surface area contributed by atoms with Crippen LogP contribution in [-0.4, -0.2) is 29.4 Å². The molecule has 9 heavy (non-hydrogen) atoms. The van der Waals surface area contributed by atoms with Gasteiger partial charge in [-0.3, -0.25) is 4.79 Å². The van der Waals surface area contributed by atoms with Crippen LogP contribution in [0.15, 0.2) is 0 Å². The highest BCUT2D eigenvalue weighted by Gasteiger charge is 1.94. The second-order valence-electron chi connectivity index (χ2n) is 1.35. The Hall–Kier alpha value is -0.220. The van der Waals surface area contributed by atoms with E-state index in [9.17, 15) is 4.79 Å². The lowest BCUT2D eigenvalue weighted by Crippen LogP contribution is -2.00. The van der Waals surface area contributed by atoms with Crippen molar-refractivity contribution in [1.82, 2.24) is 0 Å². The fraction of sp³-hybridized carbons (Fsp3) is 0.800. The molecular formula is C5H10O3S. The second-order valence-corrected chi connectivity index (χ2v) is 2.29. The molecule has 4 heteroatoms. The van der Waals surface area contributed by atoms with Gasteiger partial charge in [0.2, 0.25) is 0 Å². The van der Waals surface area contributed by atoms with Gasteiger partial charge in [-0.15, -0.1) is 11.8 Å². The number of rotatable bonds is 5. The molecule has 0 aliphatic rings. The molecule has 1 N–H and O–H groups in total. The summed E-state index contributed by atoms with van der Waals surface area (Å²) < 4.78 is 4.88. The molecule has 0 bridgehead atoms. The molecule has 0 fully saturated rings. The van der Waals surface area contributed by atoms with Crippen molar-refractivity contribution in [2.75, 3.05) is 18.3 Å². The Labute approximate surface area is 58.4 Å². The van der Waals surface area contributed by atoms with Crippen LogP contribution >= 0.6 is 11.8 Å². The zero-order chi connectivity index (χ0) is 7.11. The first kappa shape index (κ1) is 8.78. The van der Waals surface area contributed by atoms with Gasteiger partial charge >= 0.3 is 5.97 Å². The maximum absolute atomic E-state index is 9.89. The Morgan fingerprint density at radius 1 is 1.78 bits per heavy atom. The maximum Gasteiger partial charge on any atom is 0.313 e. The van der Waals surface area contributed by atoms with Crippen LogP contribution in [0.3, 0.4) is 0 Å². The van der Waals surface area contributed by atoms with Gasteiger partial charge in [-0.1, -0.05) is 0 Å². The van der Waals surface area contributed by atoms with E-state index in [1.54, 1.807) is 0 Å². The summed E-state index contributed by atoms with van der Waals surface area (Å²) >= 11 is 1.26. The monoisotopic (exact) mass is 150 g/mol. The minimum absolute atomic E-state index is 0.125. The molecule has 0 atom stereocenters. The van der Waals surface area contributed by atoms with E-state index in [0.29, 0.717) is 12.5 Å². The molecule has 0 aliphatic heterocycles. The molecule has 0 aliphatic carbocycles. The molecular weight excluding hydrogens is 140 g/mol. The Balaban J connectivity index is 2.83. The molecule has 0 radical (unpaired) electrons. The highest BCUT2D eigenvalue weighted by Crippen LogP contribution is 1.98. The van der Waals surface area contributed by atoms with E-state index >= 15 is 0 Å². The largest absolute Gasteiger partial charge is 0.481 e. The van der Waals surface area contributed by atoms with Crippen LogP contribution in [0.25, 0.3) is 0 Å². The van der Waals surface area contributed by atoms with E-state index < -0.39 is 5.97 Å². The van der Waals surface area contributed by atoms with Crippen LogP contribution < -0.4 is 0 Å². The van der Waals surface area contributed by atoms with Gasteiger partial charge in [-0.05, 0) is 6.92 Å². The quantitative estimate of drug-likeness (QED) is 0.465. The van der Waals surface area contributed by atoms with Gasteiger partial charge in [0.1, 0.15) is 0 Å². The normalized spacial score (nSPS) is 9.44. The average Bonchev–Trinajstić information content (AvgIpc) is 1.80. The minimum Gasteiger partial charge on any atom is -0.481 e. The van der Waals surface area contributed by atoms with Crippen LogP contribution in [-0.2, 0) is 9.53 Å². The summed E-state index contributed by atoms with van der Waals surface area (Å²) in [6, 6.07) is 0. The number of hydrogen-bond acceptors (Lipinski definition) is 3. The summed E-state index contributed by atoms with van der Waals surface area (Å²) in [5.41, 5.74) is 0. The fourth-order valence-electron chi connectivity index (χ4n) is 0.271. The van der Waals surface area contributed by atoms with Gasteiger partial charge in [0.15, 0.2) is 0 Å². The maximum atomic E-state index is 9.89. The number of thioether (sulfide) groups is 1. The highest BCUT2D eigenvalue weighted by atomic mass is 32.2. The van der Waals surface area contributed by atoms with Gasteiger partial charge < -0.3 is 9.84 Å². The lowest BCUT2D eigenvalue weighted by Gasteiger charge is -1.96. The zero-order valence-electron chi connectivity index (χ0n) is 5.29. The van der Waals surface area contributed by atoms with Crippen molar-refractivity contribution in [2.45, 2.75) is 6.92 Å². The van der Waals surface area contributed by atoms with Gasteiger partial charge in [-0.25, -0.2) is 0 Å². The Kier molecular flexibility index (Phi) is 5.76. The van der Waals surface area contributed by atoms with Crippen LogP contribution in [0.4, 0.5) is 0 Å². The summed E-state index contributed by atoms with van der Waals surface area (Å²) in [7, 11) is 0. The van der Waals surface area contributed by atoms with E-state index in [4.69, 9.17) is 9.84 Å². The van der Waals surface area contributed by atoms with E-state index in [1.165, 1.54) is 11.8 Å². The molecule has 0 aromatic carbocycles. The number of carbonyl (C=O) groups is 1. The molecule has 0 amide bonds. The van der Waals surface area contributed by atoms with Crippen molar-refractivity contribution < 1.29 is 14.6 Å². The molecule has 0 spiro atoms. The Bertz CT molecular complexity index is 84.3. The first-order valence-electron chi connectivity index (χ1n) is 2.64. The number of carboxylic acids is 1. The Morgan fingerprint density at radius 2 is 2.44 bits per heavy atom. The third kappa shape index (κ3) is 7.78. The SMILES string of the molecule is CCOCSCC(=O)O. The van der Waals surface area contributed by atoms with Gasteiger partial charge in [-0.2, -0.15) is 0 Å². The van der Waals surface area contributed by atoms with Crippen molar-refractivity contribution in [3.63, 3.8) is 0 Å². The molecule has 0 unspecified atom stereocenters. The predicted octanol–water partition coefficient (Wildman–Crippen LogP) is 0.798. The van der Waals surface area contributed by atoms with Crippen molar-refractivity contribution in [3.05, 3.63) is 0 Å². The molecule has 0 heterocycles.